The molecule has 2 aromatic carbocycles. The summed E-state index contributed by atoms with van der Waals surface area (Å²) in [5.74, 6) is 0.869. The number of hydrogen-bond donors (Lipinski definition) is 2. The number of nitrogen functional groups attached to an aromatic ring is 1. The summed E-state index contributed by atoms with van der Waals surface area (Å²) in [4.78, 5) is 8.41. The van der Waals surface area contributed by atoms with Crippen LogP contribution >= 0.6 is 11.6 Å². The van der Waals surface area contributed by atoms with Crippen LogP contribution in [-0.2, 0) is 0 Å². The molecular formula is C20H15ClN6O. The van der Waals surface area contributed by atoms with E-state index in [4.69, 9.17) is 32.6 Å². The third-order valence-corrected chi connectivity index (χ3v) is 4.54. The van der Waals surface area contributed by atoms with Gasteiger partial charge >= 0.3 is 0 Å². The van der Waals surface area contributed by atoms with Crippen molar-refractivity contribution in [2.45, 2.75) is 13.8 Å². The maximum atomic E-state index is 9.14. The first-order chi connectivity index (χ1) is 13.4. The standard InChI is InChI=1S/C20H15ClN6O/c1-11-12(2)16(8-5-14(11)10-23)28-19-17(21)18(24)26-20(27-19)25-15-6-3-13(9-22)4-7-15/h3-8H,1-2H3,(H3,24,25,26,27). The molecule has 0 aliphatic carbocycles. The summed E-state index contributed by atoms with van der Waals surface area (Å²) in [6.07, 6.45) is 0. The van der Waals surface area contributed by atoms with E-state index < -0.39 is 0 Å². The van der Waals surface area contributed by atoms with Gasteiger partial charge in [-0.05, 0) is 61.4 Å². The Morgan fingerprint density at radius 2 is 1.71 bits per heavy atom. The molecule has 0 fully saturated rings. The van der Waals surface area contributed by atoms with Crippen molar-refractivity contribution < 1.29 is 4.74 Å². The highest BCUT2D eigenvalue weighted by atomic mass is 35.5. The Balaban J connectivity index is 1.93. The Kier molecular flexibility index (Phi) is 5.30. The van der Waals surface area contributed by atoms with E-state index in [0.717, 1.165) is 11.1 Å². The van der Waals surface area contributed by atoms with Crippen LogP contribution < -0.4 is 15.8 Å². The van der Waals surface area contributed by atoms with Gasteiger partial charge in [0.2, 0.25) is 11.8 Å². The van der Waals surface area contributed by atoms with Gasteiger partial charge < -0.3 is 15.8 Å². The number of rotatable bonds is 4. The maximum absolute atomic E-state index is 9.14. The first kappa shape index (κ1) is 19.0. The van der Waals surface area contributed by atoms with Gasteiger partial charge in [0, 0.05) is 5.69 Å². The van der Waals surface area contributed by atoms with Gasteiger partial charge in [-0.3, -0.25) is 0 Å². The minimum atomic E-state index is 0.0610. The molecule has 28 heavy (non-hydrogen) atoms. The molecule has 7 nitrogen and oxygen atoms in total. The van der Waals surface area contributed by atoms with Crippen LogP contribution in [0.25, 0.3) is 0 Å². The minimum Gasteiger partial charge on any atom is -0.437 e. The van der Waals surface area contributed by atoms with Gasteiger partial charge in [-0.15, -0.1) is 0 Å². The molecule has 0 aliphatic rings. The zero-order valence-electron chi connectivity index (χ0n) is 15.1. The summed E-state index contributed by atoms with van der Waals surface area (Å²) in [7, 11) is 0. The van der Waals surface area contributed by atoms with Crippen LogP contribution in [0.4, 0.5) is 17.5 Å². The summed E-state index contributed by atoms with van der Waals surface area (Å²) < 4.78 is 5.86. The lowest BCUT2D eigenvalue weighted by atomic mass is 10.0. The van der Waals surface area contributed by atoms with E-state index in [0.29, 0.717) is 22.6 Å². The van der Waals surface area contributed by atoms with E-state index in [-0.39, 0.29) is 22.7 Å². The molecule has 8 heteroatoms. The highest BCUT2D eigenvalue weighted by Gasteiger charge is 2.15. The normalized spacial score (nSPS) is 10.0. The third kappa shape index (κ3) is 3.80. The second-order valence-electron chi connectivity index (χ2n) is 5.94. The number of halogens is 1. The SMILES string of the molecule is Cc1c(C#N)ccc(Oc2nc(Nc3ccc(C#N)cc3)nc(N)c2Cl)c1C. The van der Waals surface area contributed by atoms with Crippen molar-refractivity contribution in [3.05, 3.63) is 63.7 Å². The summed E-state index contributed by atoms with van der Waals surface area (Å²) in [5, 5.41) is 21.1. The van der Waals surface area contributed by atoms with Crippen LogP contribution in [0.15, 0.2) is 36.4 Å². The zero-order chi connectivity index (χ0) is 20.3. The second kappa shape index (κ2) is 7.83. The van der Waals surface area contributed by atoms with Crippen LogP contribution in [0.2, 0.25) is 5.02 Å². The fourth-order valence-corrected chi connectivity index (χ4v) is 2.58. The summed E-state index contributed by atoms with van der Waals surface area (Å²) in [5.41, 5.74) is 9.30. The smallest absolute Gasteiger partial charge is 0.245 e. The molecule has 3 rings (SSSR count). The zero-order valence-corrected chi connectivity index (χ0v) is 15.9. The highest BCUT2D eigenvalue weighted by molar-refractivity contribution is 6.34. The molecule has 0 spiro atoms. The Bertz CT molecular complexity index is 1130. The number of nitrogens with two attached hydrogens (primary N) is 1. The van der Waals surface area contributed by atoms with Gasteiger partial charge in [0.1, 0.15) is 10.8 Å². The van der Waals surface area contributed by atoms with E-state index in [1.165, 1.54) is 0 Å². The Labute approximate surface area is 167 Å². The molecule has 3 aromatic rings. The first-order valence-electron chi connectivity index (χ1n) is 8.21. The third-order valence-electron chi connectivity index (χ3n) is 4.18. The van der Waals surface area contributed by atoms with Gasteiger partial charge in [-0.2, -0.15) is 20.5 Å². The summed E-state index contributed by atoms with van der Waals surface area (Å²) >= 11 is 6.22. The van der Waals surface area contributed by atoms with E-state index in [9.17, 15) is 0 Å². The Morgan fingerprint density at radius 3 is 2.36 bits per heavy atom. The van der Waals surface area contributed by atoms with Gasteiger partial charge in [0.25, 0.3) is 0 Å². The summed E-state index contributed by atoms with van der Waals surface area (Å²) in [6.45, 7) is 3.69. The van der Waals surface area contributed by atoms with Gasteiger partial charge in [-0.25, -0.2) is 0 Å². The minimum absolute atomic E-state index is 0.0610. The number of benzene rings is 2. The van der Waals surface area contributed by atoms with Crippen molar-refractivity contribution in [3.63, 3.8) is 0 Å². The lowest BCUT2D eigenvalue weighted by Gasteiger charge is -2.14. The maximum Gasteiger partial charge on any atom is 0.245 e. The van der Waals surface area contributed by atoms with Crippen LogP contribution in [0.1, 0.15) is 22.3 Å². The van der Waals surface area contributed by atoms with Crippen molar-refractivity contribution in [2.24, 2.45) is 0 Å². The van der Waals surface area contributed by atoms with E-state index in [1.807, 2.05) is 13.8 Å². The van der Waals surface area contributed by atoms with E-state index >= 15 is 0 Å². The average Bonchev–Trinajstić information content (AvgIpc) is 2.70. The number of aromatic nitrogens is 2. The van der Waals surface area contributed by atoms with Crippen LogP contribution in [0, 0.1) is 36.5 Å². The van der Waals surface area contributed by atoms with Gasteiger partial charge in [-0.1, -0.05) is 11.6 Å². The number of nitrogens with one attached hydrogen (secondary N) is 1. The first-order valence-corrected chi connectivity index (χ1v) is 8.59. The molecule has 0 saturated carbocycles. The van der Waals surface area contributed by atoms with Crippen LogP contribution in [-0.4, -0.2) is 9.97 Å². The molecule has 1 heterocycles. The van der Waals surface area contributed by atoms with Crippen molar-refractivity contribution >= 4 is 29.1 Å². The Morgan fingerprint density at radius 1 is 1.00 bits per heavy atom. The predicted octanol–water partition coefficient (Wildman–Crippen LogP) is 4.61. The van der Waals surface area contributed by atoms with Crippen LogP contribution in [0.3, 0.4) is 0 Å². The van der Waals surface area contributed by atoms with Crippen LogP contribution in [0.5, 0.6) is 11.6 Å². The lowest BCUT2D eigenvalue weighted by Crippen LogP contribution is -2.04. The molecule has 0 unspecified atom stereocenters. The highest BCUT2D eigenvalue weighted by Crippen LogP contribution is 2.35. The van der Waals surface area contributed by atoms with Crippen molar-refractivity contribution in [3.8, 4) is 23.8 Å². The van der Waals surface area contributed by atoms with Gasteiger partial charge in [0.15, 0.2) is 5.82 Å². The lowest BCUT2D eigenvalue weighted by molar-refractivity contribution is 0.459. The number of nitriles is 2. The molecule has 0 saturated heterocycles. The number of ether oxygens (including phenoxy) is 1. The monoisotopic (exact) mass is 390 g/mol. The Hall–Kier alpha value is -3.81. The molecule has 0 aliphatic heterocycles. The van der Waals surface area contributed by atoms with Crippen molar-refractivity contribution in [1.82, 2.24) is 9.97 Å². The van der Waals surface area contributed by atoms with Gasteiger partial charge in [0.05, 0.1) is 23.3 Å². The molecule has 1 aromatic heterocycles. The average molecular weight is 391 g/mol. The van der Waals surface area contributed by atoms with E-state index in [2.05, 4.69) is 27.4 Å². The number of nitrogens with zero attached hydrogens (tertiary/aromatic N) is 4. The van der Waals surface area contributed by atoms with Crippen molar-refractivity contribution in [2.75, 3.05) is 11.1 Å². The molecule has 138 valence electrons. The fraction of sp³-hybridized carbons (Fsp3) is 0.100. The quantitative estimate of drug-likeness (QED) is 0.667. The molecule has 0 atom stereocenters. The number of hydrogen-bond acceptors (Lipinski definition) is 7. The fourth-order valence-electron chi connectivity index (χ4n) is 2.46. The molecule has 3 N–H and O–H groups in total. The summed E-state index contributed by atoms with van der Waals surface area (Å²) in [6, 6.07) is 14.3. The van der Waals surface area contributed by atoms with E-state index in [1.54, 1.807) is 36.4 Å². The second-order valence-corrected chi connectivity index (χ2v) is 6.32. The molecular weight excluding hydrogens is 376 g/mol. The predicted molar refractivity (Wildman–Crippen MR) is 107 cm³/mol. The molecule has 0 radical (unpaired) electrons. The topological polar surface area (TPSA) is 121 Å². The molecule has 0 amide bonds. The number of anilines is 3. The molecule has 0 bridgehead atoms. The van der Waals surface area contributed by atoms with Crippen molar-refractivity contribution in [1.29, 1.82) is 10.5 Å². The largest absolute Gasteiger partial charge is 0.437 e.